The molecule has 0 radical (unpaired) electrons. The molecule has 58 valence electrons. The second-order valence-electron chi connectivity index (χ2n) is 1.80. The Morgan fingerprint density at radius 1 is 1.50 bits per heavy atom. The molecule has 0 atom stereocenters. The fourth-order valence-electron chi connectivity index (χ4n) is 0.463. The average molecular weight is 161 g/mol. The molecule has 0 spiro atoms. The van der Waals surface area contributed by atoms with Gasteiger partial charge in [0.05, 0.1) is 6.61 Å². The van der Waals surface area contributed by atoms with Gasteiger partial charge >= 0.3 is 0 Å². The molecule has 0 fully saturated rings. The monoisotopic (exact) mass is 160 g/mol. The first-order valence-corrected chi connectivity index (χ1v) is 3.98. The Bertz CT molecular complexity index is 114. The van der Waals surface area contributed by atoms with Crippen LogP contribution in [-0.2, 0) is 4.74 Å². The lowest BCUT2D eigenvalue weighted by Gasteiger charge is -1.93. The summed E-state index contributed by atoms with van der Waals surface area (Å²) in [5, 5.41) is 0. The Morgan fingerprint density at radius 2 is 2.30 bits per heavy atom. The van der Waals surface area contributed by atoms with E-state index in [0.717, 1.165) is 13.0 Å². The lowest BCUT2D eigenvalue weighted by molar-refractivity contribution is 0.163. The van der Waals surface area contributed by atoms with Crippen molar-refractivity contribution in [3.63, 3.8) is 0 Å². The molecular formula is C8H13ClO. The topological polar surface area (TPSA) is 9.23 Å². The zero-order valence-electron chi connectivity index (χ0n) is 6.27. The maximum atomic E-state index is 5.36. The van der Waals surface area contributed by atoms with Gasteiger partial charge in [-0.3, -0.25) is 0 Å². The zero-order valence-corrected chi connectivity index (χ0v) is 7.03. The summed E-state index contributed by atoms with van der Waals surface area (Å²) < 4.78 is 5.15. The van der Waals surface area contributed by atoms with E-state index in [1.807, 2.05) is 6.08 Å². The highest BCUT2D eigenvalue weighted by Crippen LogP contribution is 1.80. The molecule has 0 aliphatic rings. The molecule has 0 aromatic carbocycles. The molecule has 0 amide bonds. The molecule has 0 rings (SSSR count). The minimum atomic E-state index is 0.518. The van der Waals surface area contributed by atoms with Crippen LogP contribution in [0.5, 0.6) is 0 Å². The summed E-state index contributed by atoms with van der Waals surface area (Å²) in [6.07, 6.45) is 4.65. The summed E-state index contributed by atoms with van der Waals surface area (Å²) in [5.74, 6) is 0.518. The number of hydrogen-bond acceptors (Lipinski definition) is 1. The van der Waals surface area contributed by atoms with E-state index in [0.29, 0.717) is 12.5 Å². The van der Waals surface area contributed by atoms with Crippen molar-refractivity contribution in [3.8, 4) is 0 Å². The Morgan fingerprint density at radius 3 is 2.90 bits per heavy atom. The van der Waals surface area contributed by atoms with Gasteiger partial charge in [-0.05, 0) is 18.6 Å². The summed E-state index contributed by atoms with van der Waals surface area (Å²) in [6, 6.07) is 0. The van der Waals surface area contributed by atoms with Crippen LogP contribution in [0, 0.1) is 0 Å². The molecule has 0 bridgehead atoms. The van der Waals surface area contributed by atoms with E-state index in [4.69, 9.17) is 16.3 Å². The van der Waals surface area contributed by atoms with Crippen molar-refractivity contribution in [2.75, 3.05) is 19.1 Å². The molecule has 0 N–H and O–H groups in total. The van der Waals surface area contributed by atoms with E-state index in [9.17, 15) is 0 Å². The third-order valence-electron chi connectivity index (χ3n) is 0.863. The summed E-state index contributed by atoms with van der Waals surface area (Å²) in [7, 11) is 0. The van der Waals surface area contributed by atoms with Gasteiger partial charge in [-0.2, -0.15) is 0 Å². The highest BCUT2D eigenvalue weighted by atomic mass is 35.5. The molecular weight excluding hydrogens is 148 g/mol. The molecule has 0 aromatic heterocycles. The van der Waals surface area contributed by atoms with Gasteiger partial charge < -0.3 is 4.74 Å². The Kier molecular flexibility index (Phi) is 8.57. The van der Waals surface area contributed by atoms with Crippen LogP contribution >= 0.6 is 11.6 Å². The van der Waals surface area contributed by atoms with Crippen LogP contribution < -0.4 is 0 Å². The van der Waals surface area contributed by atoms with E-state index >= 15 is 0 Å². The molecule has 1 nitrogen and oxygen atoms in total. The smallest absolute Gasteiger partial charge is 0.0721 e. The fraction of sp³-hybridized carbons (Fsp3) is 0.625. The predicted molar refractivity (Wildman–Crippen MR) is 44.5 cm³/mol. The van der Waals surface area contributed by atoms with E-state index in [2.05, 4.69) is 12.7 Å². The average Bonchev–Trinajstić information content (AvgIpc) is 1.97. The van der Waals surface area contributed by atoms with Gasteiger partial charge in [0.1, 0.15) is 0 Å². The van der Waals surface area contributed by atoms with Crippen molar-refractivity contribution in [2.24, 2.45) is 0 Å². The van der Waals surface area contributed by atoms with Crippen LogP contribution in [-0.4, -0.2) is 19.1 Å². The second kappa shape index (κ2) is 8.77. The molecule has 0 saturated carbocycles. The first-order chi connectivity index (χ1) is 4.91. The predicted octanol–water partition coefficient (Wildman–Crippen LogP) is 2.36. The third kappa shape index (κ3) is 7.77. The number of halogens is 1. The van der Waals surface area contributed by atoms with Crippen LogP contribution in [0.1, 0.15) is 13.3 Å². The number of ether oxygens (including phenoxy) is 1. The standard InChI is InChI=1S/C8H13ClO/c1-2-7-10-8-5-3-4-6-9/h4-5H,2,6-8H2,1H3. The Labute approximate surface area is 67.3 Å². The molecule has 0 heterocycles. The van der Waals surface area contributed by atoms with Crippen LogP contribution in [0.25, 0.3) is 0 Å². The number of hydrogen-bond donors (Lipinski definition) is 0. The van der Waals surface area contributed by atoms with Crippen LogP contribution in [0.2, 0.25) is 0 Å². The summed E-state index contributed by atoms with van der Waals surface area (Å²) in [6.45, 7) is 3.54. The van der Waals surface area contributed by atoms with E-state index < -0.39 is 0 Å². The van der Waals surface area contributed by atoms with Gasteiger partial charge in [0.2, 0.25) is 0 Å². The molecule has 0 saturated heterocycles. The van der Waals surface area contributed by atoms with Crippen LogP contribution in [0.3, 0.4) is 0 Å². The van der Waals surface area contributed by atoms with Crippen LogP contribution in [0.15, 0.2) is 17.9 Å². The number of rotatable bonds is 5. The fourth-order valence-corrected chi connectivity index (χ4v) is 0.552. The maximum absolute atomic E-state index is 5.36. The van der Waals surface area contributed by atoms with E-state index in [1.54, 1.807) is 6.08 Å². The molecule has 0 unspecified atom stereocenters. The molecule has 0 aliphatic heterocycles. The van der Waals surface area contributed by atoms with E-state index in [1.165, 1.54) is 0 Å². The molecule has 2 heteroatoms. The SMILES string of the molecule is CCCOCC=C=CCCl. The minimum Gasteiger partial charge on any atom is -0.377 e. The van der Waals surface area contributed by atoms with Crippen molar-refractivity contribution in [3.05, 3.63) is 17.9 Å². The van der Waals surface area contributed by atoms with Gasteiger partial charge in [0, 0.05) is 12.5 Å². The van der Waals surface area contributed by atoms with E-state index in [-0.39, 0.29) is 0 Å². The molecule has 0 aromatic rings. The summed E-state index contributed by atoms with van der Waals surface area (Å²) in [4.78, 5) is 0. The largest absolute Gasteiger partial charge is 0.377 e. The first-order valence-electron chi connectivity index (χ1n) is 3.45. The number of alkyl halides is 1. The Balaban J connectivity index is 3.10. The van der Waals surface area contributed by atoms with Gasteiger partial charge in [0.25, 0.3) is 0 Å². The molecule has 0 aliphatic carbocycles. The van der Waals surface area contributed by atoms with Crippen LogP contribution in [0.4, 0.5) is 0 Å². The third-order valence-corrected chi connectivity index (χ3v) is 1.02. The maximum Gasteiger partial charge on any atom is 0.0721 e. The van der Waals surface area contributed by atoms with Gasteiger partial charge in [-0.25, -0.2) is 0 Å². The van der Waals surface area contributed by atoms with Gasteiger partial charge in [-0.1, -0.05) is 6.92 Å². The van der Waals surface area contributed by atoms with Crippen molar-refractivity contribution >= 4 is 11.6 Å². The van der Waals surface area contributed by atoms with Crippen molar-refractivity contribution < 1.29 is 4.74 Å². The van der Waals surface area contributed by atoms with Crippen molar-refractivity contribution in [1.29, 1.82) is 0 Å². The lowest BCUT2D eigenvalue weighted by Crippen LogP contribution is -1.90. The van der Waals surface area contributed by atoms with Gasteiger partial charge in [0.15, 0.2) is 0 Å². The minimum absolute atomic E-state index is 0.518. The van der Waals surface area contributed by atoms with Crippen molar-refractivity contribution in [2.45, 2.75) is 13.3 Å². The quantitative estimate of drug-likeness (QED) is 0.341. The first kappa shape index (κ1) is 9.77. The molecule has 10 heavy (non-hydrogen) atoms. The zero-order chi connectivity index (χ0) is 7.66. The highest BCUT2D eigenvalue weighted by Gasteiger charge is 1.76. The second-order valence-corrected chi connectivity index (χ2v) is 2.11. The Hall–Kier alpha value is -0.230. The summed E-state index contributed by atoms with van der Waals surface area (Å²) >= 11 is 5.36. The normalized spacial score (nSPS) is 8.60. The van der Waals surface area contributed by atoms with Gasteiger partial charge in [-0.15, -0.1) is 17.3 Å². The van der Waals surface area contributed by atoms with Crippen molar-refractivity contribution in [1.82, 2.24) is 0 Å². The highest BCUT2D eigenvalue weighted by molar-refractivity contribution is 6.18. The lowest BCUT2D eigenvalue weighted by atomic mass is 10.5. The summed E-state index contributed by atoms with van der Waals surface area (Å²) in [5.41, 5.74) is 2.89.